The van der Waals surface area contributed by atoms with E-state index < -0.39 is 0 Å². The first-order valence-electron chi connectivity index (χ1n) is 8.19. The van der Waals surface area contributed by atoms with Crippen molar-refractivity contribution in [2.45, 2.75) is 46.2 Å². The SMILES string of the molecule is CCN(Cc1ccco1)CC1(CNC(C)C)CCOCC1. The fraction of sp³-hybridized carbons (Fsp3) is 0.765. The van der Waals surface area contributed by atoms with Gasteiger partial charge >= 0.3 is 0 Å². The number of ether oxygens (including phenoxy) is 1. The van der Waals surface area contributed by atoms with Crippen LogP contribution in [0.2, 0.25) is 0 Å². The van der Waals surface area contributed by atoms with Crippen LogP contribution in [0.5, 0.6) is 0 Å². The van der Waals surface area contributed by atoms with Crippen LogP contribution in [-0.4, -0.2) is 43.8 Å². The van der Waals surface area contributed by atoms with Gasteiger partial charge in [0.15, 0.2) is 0 Å². The molecule has 1 N–H and O–H groups in total. The molecule has 1 saturated heterocycles. The third-order valence-corrected chi connectivity index (χ3v) is 4.40. The molecule has 1 aromatic heterocycles. The van der Waals surface area contributed by atoms with Crippen LogP contribution < -0.4 is 5.32 Å². The van der Waals surface area contributed by atoms with Gasteiger partial charge in [-0.2, -0.15) is 0 Å². The first kappa shape index (κ1) is 16.5. The fourth-order valence-electron chi connectivity index (χ4n) is 2.99. The first-order valence-corrected chi connectivity index (χ1v) is 8.19. The number of nitrogens with zero attached hydrogens (tertiary/aromatic N) is 1. The second-order valence-corrected chi connectivity index (χ2v) is 6.53. The van der Waals surface area contributed by atoms with Gasteiger partial charge in [0, 0.05) is 32.3 Å². The molecular formula is C17H30N2O2. The van der Waals surface area contributed by atoms with E-state index in [2.05, 4.69) is 37.1 Å². The fourth-order valence-corrected chi connectivity index (χ4v) is 2.99. The third-order valence-electron chi connectivity index (χ3n) is 4.40. The molecule has 0 bridgehead atoms. The van der Waals surface area contributed by atoms with Gasteiger partial charge in [-0.25, -0.2) is 0 Å². The summed E-state index contributed by atoms with van der Waals surface area (Å²) in [5, 5.41) is 3.64. The van der Waals surface area contributed by atoms with Crippen molar-refractivity contribution in [3.63, 3.8) is 0 Å². The summed E-state index contributed by atoms with van der Waals surface area (Å²) in [4.78, 5) is 2.49. The Balaban J connectivity index is 1.98. The molecule has 1 aliphatic rings. The van der Waals surface area contributed by atoms with Crippen molar-refractivity contribution in [2.75, 3.05) is 32.8 Å². The highest BCUT2D eigenvalue weighted by Crippen LogP contribution is 2.31. The molecule has 0 radical (unpaired) electrons. The lowest BCUT2D eigenvalue weighted by Gasteiger charge is -2.41. The monoisotopic (exact) mass is 294 g/mol. The third kappa shape index (κ3) is 5.13. The molecule has 2 rings (SSSR count). The van der Waals surface area contributed by atoms with Gasteiger partial charge in [-0.05, 0) is 36.9 Å². The molecular weight excluding hydrogens is 264 g/mol. The van der Waals surface area contributed by atoms with E-state index in [-0.39, 0.29) is 0 Å². The Morgan fingerprint density at radius 2 is 2.10 bits per heavy atom. The minimum atomic E-state index is 0.325. The summed E-state index contributed by atoms with van der Waals surface area (Å²) in [6.45, 7) is 12.6. The van der Waals surface area contributed by atoms with Crippen molar-refractivity contribution in [3.8, 4) is 0 Å². The number of rotatable bonds is 8. The second-order valence-electron chi connectivity index (χ2n) is 6.53. The van der Waals surface area contributed by atoms with E-state index in [0.29, 0.717) is 11.5 Å². The quantitative estimate of drug-likeness (QED) is 0.800. The molecule has 1 fully saturated rings. The number of hydrogen-bond donors (Lipinski definition) is 1. The highest BCUT2D eigenvalue weighted by molar-refractivity contribution is 4.98. The Hall–Kier alpha value is -0.840. The molecule has 4 heteroatoms. The summed E-state index contributed by atoms with van der Waals surface area (Å²) in [6, 6.07) is 4.56. The van der Waals surface area contributed by atoms with Crippen LogP contribution >= 0.6 is 0 Å². The van der Waals surface area contributed by atoms with Gasteiger partial charge in [-0.15, -0.1) is 0 Å². The van der Waals surface area contributed by atoms with Crippen molar-refractivity contribution in [1.29, 1.82) is 0 Å². The number of nitrogens with one attached hydrogen (secondary N) is 1. The van der Waals surface area contributed by atoms with Crippen molar-refractivity contribution >= 4 is 0 Å². The molecule has 0 saturated carbocycles. The van der Waals surface area contributed by atoms with Crippen LogP contribution in [0.15, 0.2) is 22.8 Å². The van der Waals surface area contributed by atoms with E-state index in [0.717, 1.165) is 58.0 Å². The van der Waals surface area contributed by atoms with Crippen molar-refractivity contribution in [2.24, 2.45) is 5.41 Å². The summed E-state index contributed by atoms with van der Waals surface area (Å²) in [5.74, 6) is 1.05. The van der Waals surface area contributed by atoms with Crippen LogP contribution in [0.3, 0.4) is 0 Å². The lowest BCUT2D eigenvalue weighted by Crippen LogP contribution is -2.48. The summed E-state index contributed by atoms with van der Waals surface area (Å²) < 4.78 is 11.1. The Morgan fingerprint density at radius 3 is 2.67 bits per heavy atom. The largest absolute Gasteiger partial charge is 0.468 e. The van der Waals surface area contributed by atoms with Gasteiger partial charge in [0.1, 0.15) is 5.76 Å². The lowest BCUT2D eigenvalue weighted by molar-refractivity contribution is -0.00664. The van der Waals surface area contributed by atoms with E-state index in [9.17, 15) is 0 Å². The van der Waals surface area contributed by atoms with Crippen molar-refractivity contribution in [1.82, 2.24) is 10.2 Å². The standard InChI is InChI=1S/C17H30N2O2/c1-4-19(12-16-6-5-9-21-16)14-17(13-18-15(2)3)7-10-20-11-8-17/h5-6,9,15,18H,4,7-8,10-14H2,1-3H3. The highest BCUT2D eigenvalue weighted by Gasteiger charge is 2.34. The predicted molar refractivity (Wildman–Crippen MR) is 85.3 cm³/mol. The average Bonchev–Trinajstić information content (AvgIpc) is 2.98. The predicted octanol–water partition coefficient (Wildman–Crippen LogP) is 2.90. The molecule has 0 spiro atoms. The maximum absolute atomic E-state index is 5.59. The van der Waals surface area contributed by atoms with Crippen LogP contribution in [0.1, 0.15) is 39.4 Å². The maximum Gasteiger partial charge on any atom is 0.117 e. The molecule has 120 valence electrons. The Kier molecular flexibility index (Phi) is 6.27. The van der Waals surface area contributed by atoms with Gasteiger partial charge < -0.3 is 14.5 Å². The normalized spacial score (nSPS) is 18.5. The van der Waals surface area contributed by atoms with E-state index in [1.165, 1.54) is 0 Å². The summed E-state index contributed by atoms with van der Waals surface area (Å²) in [5.41, 5.74) is 0.325. The Morgan fingerprint density at radius 1 is 1.33 bits per heavy atom. The molecule has 0 unspecified atom stereocenters. The van der Waals surface area contributed by atoms with Gasteiger partial charge in [-0.1, -0.05) is 20.8 Å². The summed E-state index contributed by atoms with van der Waals surface area (Å²) >= 11 is 0. The summed E-state index contributed by atoms with van der Waals surface area (Å²) in [7, 11) is 0. The Labute approximate surface area is 128 Å². The molecule has 0 atom stereocenters. The maximum atomic E-state index is 5.59. The van der Waals surface area contributed by atoms with Crippen LogP contribution in [0.4, 0.5) is 0 Å². The minimum absolute atomic E-state index is 0.325. The van der Waals surface area contributed by atoms with Crippen molar-refractivity contribution < 1.29 is 9.15 Å². The molecule has 0 aliphatic carbocycles. The molecule has 1 aromatic rings. The van der Waals surface area contributed by atoms with Gasteiger partial charge in [0.2, 0.25) is 0 Å². The zero-order chi connectivity index (χ0) is 15.1. The van der Waals surface area contributed by atoms with Gasteiger partial charge in [0.05, 0.1) is 12.8 Å². The van der Waals surface area contributed by atoms with Gasteiger partial charge in [0.25, 0.3) is 0 Å². The van der Waals surface area contributed by atoms with E-state index >= 15 is 0 Å². The highest BCUT2D eigenvalue weighted by atomic mass is 16.5. The zero-order valence-electron chi connectivity index (χ0n) is 13.7. The minimum Gasteiger partial charge on any atom is -0.468 e. The molecule has 0 aromatic carbocycles. The first-order chi connectivity index (χ1) is 10.1. The number of hydrogen-bond acceptors (Lipinski definition) is 4. The molecule has 0 amide bonds. The van der Waals surface area contributed by atoms with E-state index in [4.69, 9.17) is 9.15 Å². The average molecular weight is 294 g/mol. The van der Waals surface area contributed by atoms with Crippen LogP contribution in [0, 0.1) is 5.41 Å². The van der Waals surface area contributed by atoms with E-state index in [1.54, 1.807) is 6.26 Å². The van der Waals surface area contributed by atoms with Crippen LogP contribution in [-0.2, 0) is 11.3 Å². The second kappa shape index (κ2) is 7.97. The topological polar surface area (TPSA) is 37.6 Å². The van der Waals surface area contributed by atoms with Gasteiger partial charge in [-0.3, -0.25) is 4.90 Å². The van der Waals surface area contributed by atoms with Crippen molar-refractivity contribution in [3.05, 3.63) is 24.2 Å². The molecule has 2 heterocycles. The lowest BCUT2D eigenvalue weighted by atomic mass is 9.79. The molecule has 1 aliphatic heterocycles. The zero-order valence-corrected chi connectivity index (χ0v) is 13.7. The molecule has 21 heavy (non-hydrogen) atoms. The summed E-state index contributed by atoms with van der Waals surface area (Å²) in [6.07, 6.45) is 4.04. The molecule has 4 nitrogen and oxygen atoms in total. The van der Waals surface area contributed by atoms with E-state index in [1.807, 2.05) is 6.07 Å². The smallest absolute Gasteiger partial charge is 0.117 e. The Bertz CT molecular complexity index is 384. The number of furan rings is 1. The van der Waals surface area contributed by atoms with Crippen LogP contribution in [0.25, 0.3) is 0 Å².